The zero-order valence-corrected chi connectivity index (χ0v) is 17.5. The van der Waals surface area contributed by atoms with Gasteiger partial charge >= 0.3 is 0 Å². The molecule has 0 aliphatic heterocycles. The summed E-state index contributed by atoms with van der Waals surface area (Å²) in [4.78, 5) is 16.3. The highest BCUT2D eigenvalue weighted by Crippen LogP contribution is 2.40. The highest BCUT2D eigenvalue weighted by molar-refractivity contribution is 5.90. The van der Waals surface area contributed by atoms with Gasteiger partial charge in [0.05, 0.1) is 0 Å². The van der Waals surface area contributed by atoms with Crippen LogP contribution < -0.4 is 11.5 Å². The van der Waals surface area contributed by atoms with Gasteiger partial charge in [0.2, 0.25) is 11.9 Å². The van der Waals surface area contributed by atoms with Gasteiger partial charge in [-0.05, 0) is 39.9 Å². The van der Waals surface area contributed by atoms with Crippen LogP contribution in [0.4, 0.5) is 16.3 Å². The van der Waals surface area contributed by atoms with Gasteiger partial charge < -0.3 is 11.5 Å². The van der Waals surface area contributed by atoms with Crippen LogP contribution in [-0.2, 0) is 0 Å². The third-order valence-electron chi connectivity index (χ3n) is 5.36. The Morgan fingerprint density at radius 1 is 0.515 bits per heavy atom. The zero-order chi connectivity index (χ0) is 22.8. The van der Waals surface area contributed by atoms with E-state index in [0.717, 1.165) is 33.4 Å². The molecule has 0 spiro atoms. The first-order valence-electron chi connectivity index (χ1n) is 10.2. The summed E-state index contributed by atoms with van der Waals surface area (Å²) in [6.07, 6.45) is 6.39. The SMILES string of the molecule is Nc1ncc(-c2ccccc2-c2cc(F)c(-c3cnc(N)nc3)c(-c3ccccc3)c2)cn1. The summed E-state index contributed by atoms with van der Waals surface area (Å²) >= 11 is 0. The number of nitrogens with zero attached hydrogens (tertiary/aromatic N) is 4. The molecule has 0 unspecified atom stereocenters. The molecule has 5 rings (SSSR count). The van der Waals surface area contributed by atoms with Gasteiger partial charge in [0.15, 0.2) is 0 Å². The van der Waals surface area contributed by atoms with Gasteiger partial charge in [-0.2, -0.15) is 0 Å². The maximum Gasteiger partial charge on any atom is 0.219 e. The van der Waals surface area contributed by atoms with Gasteiger partial charge in [0, 0.05) is 41.5 Å². The number of aromatic nitrogens is 4. The van der Waals surface area contributed by atoms with Gasteiger partial charge in [-0.25, -0.2) is 24.3 Å². The Hall–Kier alpha value is -4.65. The Morgan fingerprint density at radius 3 is 1.64 bits per heavy atom. The highest BCUT2D eigenvalue weighted by Gasteiger charge is 2.18. The smallest absolute Gasteiger partial charge is 0.219 e. The lowest BCUT2D eigenvalue weighted by Gasteiger charge is -2.16. The Balaban J connectivity index is 1.74. The van der Waals surface area contributed by atoms with E-state index >= 15 is 4.39 Å². The van der Waals surface area contributed by atoms with Crippen molar-refractivity contribution in [3.8, 4) is 44.5 Å². The molecular formula is C26H19FN6. The molecule has 2 aromatic heterocycles. The lowest BCUT2D eigenvalue weighted by atomic mass is 9.89. The van der Waals surface area contributed by atoms with E-state index in [1.54, 1.807) is 12.4 Å². The quantitative estimate of drug-likeness (QED) is 0.401. The average Bonchev–Trinajstić information content (AvgIpc) is 2.85. The van der Waals surface area contributed by atoms with Crippen molar-refractivity contribution >= 4 is 11.9 Å². The molecule has 3 aromatic carbocycles. The number of rotatable bonds is 4. The molecule has 7 heteroatoms. The first-order chi connectivity index (χ1) is 16.1. The summed E-state index contributed by atoms with van der Waals surface area (Å²) in [6.45, 7) is 0. The fraction of sp³-hybridized carbons (Fsp3) is 0. The monoisotopic (exact) mass is 434 g/mol. The lowest BCUT2D eigenvalue weighted by Crippen LogP contribution is -1.98. The minimum absolute atomic E-state index is 0.136. The van der Waals surface area contributed by atoms with Crippen molar-refractivity contribution in [2.45, 2.75) is 0 Å². The van der Waals surface area contributed by atoms with Gasteiger partial charge in [0.25, 0.3) is 0 Å². The Morgan fingerprint density at radius 2 is 1.03 bits per heavy atom. The summed E-state index contributed by atoms with van der Waals surface area (Å²) in [5.74, 6) is -0.0523. The molecule has 4 N–H and O–H groups in total. The molecule has 0 aliphatic carbocycles. The molecule has 2 heterocycles. The molecule has 0 saturated carbocycles. The summed E-state index contributed by atoms with van der Waals surface area (Å²) in [7, 11) is 0. The van der Waals surface area contributed by atoms with Crippen LogP contribution >= 0.6 is 0 Å². The van der Waals surface area contributed by atoms with E-state index in [-0.39, 0.29) is 17.7 Å². The molecule has 0 fully saturated rings. The molecule has 0 atom stereocenters. The molecule has 0 amide bonds. The third-order valence-corrected chi connectivity index (χ3v) is 5.36. The Kier molecular flexibility index (Phi) is 5.20. The third kappa shape index (κ3) is 3.99. The van der Waals surface area contributed by atoms with Crippen LogP contribution in [0.5, 0.6) is 0 Å². The summed E-state index contributed by atoms with van der Waals surface area (Å²) in [5, 5.41) is 0. The first-order valence-corrected chi connectivity index (χ1v) is 10.2. The van der Waals surface area contributed by atoms with E-state index < -0.39 is 0 Å². The van der Waals surface area contributed by atoms with Gasteiger partial charge in [-0.15, -0.1) is 0 Å². The summed E-state index contributed by atoms with van der Waals surface area (Å²) < 4.78 is 15.7. The van der Waals surface area contributed by atoms with E-state index in [4.69, 9.17) is 11.5 Å². The number of hydrogen-bond donors (Lipinski definition) is 2. The first kappa shape index (κ1) is 20.3. The van der Waals surface area contributed by atoms with Crippen LogP contribution in [0.1, 0.15) is 0 Å². The number of halogens is 1. The van der Waals surface area contributed by atoms with Crippen molar-refractivity contribution in [2.75, 3.05) is 11.5 Å². The number of nitrogens with two attached hydrogens (primary N) is 2. The van der Waals surface area contributed by atoms with Crippen molar-refractivity contribution < 1.29 is 4.39 Å². The van der Waals surface area contributed by atoms with Crippen LogP contribution in [0.15, 0.2) is 91.5 Å². The second-order valence-electron chi connectivity index (χ2n) is 7.45. The number of anilines is 2. The number of benzene rings is 3. The van der Waals surface area contributed by atoms with Crippen molar-refractivity contribution in [3.05, 3.63) is 97.3 Å². The topological polar surface area (TPSA) is 104 Å². The predicted octanol–water partition coefficient (Wildman–Crippen LogP) is 5.24. The van der Waals surface area contributed by atoms with Crippen LogP contribution in [0.3, 0.4) is 0 Å². The minimum Gasteiger partial charge on any atom is -0.368 e. The van der Waals surface area contributed by atoms with Crippen LogP contribution in [0.25, 0.3) is 44.5 Å². The number of hydrogen-bond acceptors (Lipinski definition) is 6. The maximum absolute atomic E-state index is 15.7. The van der Waals surface area contributed by atoms with Crippen molar-refractivity contribution in [1.29, 1.82) is 0 Å². The van der Waals surface area contributed by atoms with Crippen LogP contribution in [-0.4, -0.2) is 19.9 Å². The number of nitrogen functional groups attached to an aromatic ring is 2. The van der Waals surface area contributed by atoms with E-state index in [0.29, 0.717) is 11.1 Å². The van der Waals surface area contributed by atoms with E-state index in [1.807, 2.05) is 60.7 Å². The molecule has 0 bridgehead atoms. The van der Waals surface area contributed by atoms with Crippen molar-refractivity contribution in [1.82, 2.24) is 19.9 Å². The van der Waals surface area contributed by atoms with Gasteiger partial charge in [0.1, 0.15) is 5.82 Å². The van der Waals surface area contributed by atoms with Gasteiger partial charge in [-0.1, -0.05) is 54.6 Å². The molecule has 0 radical (unpaired) electrons. The molecule has 33 heavy (non-hydrogen) atoms. The standard InChI is InChI=1S/C26H19FN6/c27-23-11-17(20-8-4-5-9-21(20)18-12-30-25(28)31-13-18)10-22(16-6-2-1-3-7-16)24(23)19-14-32-26(29)33-15-19/h1-15H,(H2,28,30,31)(H2,29,32,33). The second kappa shape index (κ2) is 8.47. The largest absolute Gasteiger partial charge is 0.368 e. The van der Waals surface area contributed by atoms with E-state index in [2.05, 4.69) is 19.9 Å². The predicted molar refractivity (Wildman–Crippen MR) is 128 cm³/mol. The fourth-order valence-corrected chi connectivity index (χ4v) is 3.83. The molecule has 6 nitrogen and oxygen atoms in total. The molecular weight excluding hydrogens is 415 g/mol. The normalized spacial score (nSPS) is 10.8. The van der Waals surface area contributed by atoms with E-state index in [9.17, 15) is 0 Å². The Labute approximate surface area is 189 Å². The summed E-state index contributed by atoms with van der Waals surface area (Å²) in [5.41, 5.74) is 17.1. The van der Waals surface area contributed by atoms with Crippen molar-refractivity contribution in [3.63, 3.8) is 0 Å². The Bertz CT molecular complexity index is 1420. The minimum atomic E-state index is -0.386. The van der Waals surface area contributed by atoms with Crippen LogP contribution in [0.2, 0.25) is 0 Å². The molecule has 0 saturated heterocycles. The highest BCUT2D eigenvalue weighted by atomic mass is 19.1. The lowest BCUT2D eigenvalue weighted by molar-refractivity contribution is 0.632. The van der Waals surface area contributed by atoms with Crippen molar-refractivity contribution in [2.24, 2.45) is 0 Å². The summed E-state index contributed by atoms with van der Waals surface area (Å²) in [6, 6.07) is 20.9. The second-order valence-corrected chi connectivity index (χ2v) is 7.45. The average molecular weight is 434 g/mol. The maximum atomic E-state index is 15.7. The van der Waals surface area contributed by atoms with Gasteiger partial charge in [-0.3, -0.25) is 0 Å². The molecule has 5 aromatic rings. The molecule has 0 aliphatic rings. The van der Waals surface area contributed by atoms with E-state index in [1.165, 1.54) is 18.5 Å². The van der Waals surface area contributed by atoms with Crippen LogP contribution in [0, 0.1) is 5.82 Å². The molecule has 160 valence electrons. The zero-order valence-electron chi connectivity index (χ0n) is 17.5. The fourth-order valence-electron chi connectivity index (χ4n) is 3.83.